The molecule has 0 saturated carbocycles. The van der Waals surface area contributed by atoms with Gasteiger partial charge in [0.15, 0.2) is 0 Å². The van der Waals surface area contributed by atoms with E-state index in [9.17, 15) is 4.55 Å². The molecule has 1 unspecified atom stereocenters. The molecule has 22 heavy (non-hydrogen) atoms. The van der Waals surface area contributed by atoms with E-state index in [-0.39, 0.29) is 4.75 Å². The Morgan fingerprint density at radius 1 is 1.36 bits per heavy atom. The van der Waals surface area contributed by atoms with Crippen molar-refractivity contribution in [3.8, 4) is 17.1 Å². The van der Waals surface area contributed by atoms with E-state index >= 15 is 0 Å². The lowest BCUT2D eigenvalue weighted by atomic mass is 10.2. The molecule has 0 aliphatic carbocycles. The largest absolute Gasteiger partial charge is 0.591 e. The highest BCUT2D eigenvalue weighted by Crippen LogP contribution is 2.25. The fourth-order valence-electron chi connectivity index (χ4n) is 1.57. The molecule has 2 aromatic rings. The summed E-state index contributed by atoms with van der Waals surface area (Å²) in [6.07, 6.45) is 1.68. The van der Waals surface area contributed by atoms with Gasteiger partial charge in [-0.25, -0.2) is 4.98 Å². The van der Waals surface area contributed by atoms with Crippen LogP contribution in [0, 0.1) is 0 Å². The van der Waals surface area contributed by atoms with Gasteiger partial charge in [0.2, 0.25) is 5.88 Å². The third-order valence-electron chi connectivity index (χ3n) is 2.85. The molecule has 0 radical (unpaired) electrons. The zero-order valence-electron chi connectivity index (χ0n) is 13.3. The maximum Gasteiger partial charge on any atom is 0.213 e. The monoisotopic (exact) mass is 337 g/mol. The van der Waals surface area contributed by atoms with Crippen molar-refractivity contribution in [2.24, 2.45) is 4.40 Å². The summed E-state index contributed by atoms with van der Waals surface area (Å²) in [4.78, 5) is 4.99. The molecular weight excluding hydrogens is 318 g/mol. The second-order valence-electron chi connectivity index (χ2n) is 5.70. The molecule has 1 atom stereocenters. The summed E-state index contributed by atoms with van der Waals surface area (Å²) < 4.78 is 25.6. The predicted molar refractivity (Wildman–Crippen MR) is 92.0 cm³/mol. The molecule has 7 heteroatoms. The van der Waals surface area contributed by atoms with Crippen molar-refractivity contribution >= 4 is 28.6 Å². The van der Waals surface area contributed by atoms with Gasteiger partial charge in [0.05, 0.1) is 17.7 Å². The minimum atomic E-state index is -1.27. The van der Waals surface area contributed by atoms with Crippen LogP contribution < -0.4 is 4.74 Å². The summed E-state index contributed by atoms with van der Waals surface area (Å²) in [7, 11) is 1.58. The Morgan fingerprint density at radius 2 is 2.09 bits per heavy atom. The van der Waals surface area contributed by atoms with Gasteiger partial charge in [0.25, 0.3) is 0 Å². The summed E-state index contributed by atoms with van der Waals surface area (Å²) in [5.74, 6) is 0.547. The normalized spacial score (nSPS) is 14.0. The molecule has 0 fully saturated rings. The number of rotatable bonds is 4. The molecule has 0 N–H and O–H groups in total. The van der Waals surface area contributed by atoms with Crippen LogP contribution >= 0.6 is 11.5 Å². The van der Waals surface area contributed by atoms with E-state index in [1.54, 1.807) is 13.3 Å². The molecule has 2 rings (SSSR count). The van der Waals surface area contributed by atoms with Crippen LogP contribution in [-0.4, -0.2) is 31.5 Å². The molecule has 118 valence electrons. The molecular formula is C15H19N3O2S2. The first kappa shape index (κ1) is 16.9. The van der Waals surface area contributed by atoms with Gasteiger partial charge in [-0.05, 0) is 51.4 Å². The van der Waals surface area contributed by atoms with Crippen LogP contribution in [0.1, 0.15) is 32.6 Å². The maximum absolute atomic E-state index is 12.1. The van der Waals surface area contributed by atoms with Gasteiger partial charge in [0.1, 0.15) is 21.8 Å². The Kier molecular flexibility index (Phi) is 5.20. The first-order valence-corrected chi connectivity index (χ1v) is 8.64. The fourth-order valence-corrected chi connectivity index (χ4v) is 2.94. The van der Waals surface area contributed by atoms with Crippen molar-refractivity contribution in [2.45, 2.75) is 32.4 Å². The van der Waals surface area contributed by atoms with Crippen LogP contribution in [0.3, 0.4) is 0 Å². The zero-order valence-corrected chi connectivity index (χ0v) is 14.9. The first-order valence-electron chi connectivity index (χ1n) is 6.76. The van der Waals surface area contributed by atoms with Crippen LogP contribution in [0.25, 0.3) is 11.3 Å². The second kappa shape index (κ2) is 6.76. The van der Waals surface area contributed by atoms with Gasteiger partial charge in [0, 0.05) is 17.8 Å². The SMILES string of the molecule is COc1cc(-c2cc(C(C)=N[S+]([O-])C(C)(C)C)sn2)ccn1. The number of ether oxygens (including phenoxy) is 1. The topological polar surface area (TPSA) is 70.4 Å². The third kappa shape index (κ3) is 4.06. The molecule has 0 saturated heterocycles. The van der Waals surface area contributed by atoms with Gasteiger partial charge in [-0.15, -0.1) is 0 Å². The van der Waals surface area contributed by atoms with E-state index in [0.29, 0.717) is 5.88 Å². The zero-order chi connectivity index (χ0) is 16.3. The molecule has 0 aliphatic heterocycles. The van der Waals surface area contributed by atoms with Crippen LogP contribution in [0.2, 0.25) is 0 Å². The fraction of sp³-hybridized carbons (Fsp3) is 0.400. The average Bonchev–Trinajstić information content (AvgIpc) is 2.96. The molecule has 5 nitrogen and oxygen atoms in total. The van der Waals surface area contributed by atoms with Crippen LogP contribution in [0.5, 0.6) is 5.88 Å². The van der Waals surface area contributed by atoms with E-state index in [2.05, 4.69) is 13.8 Å². The molecule has 2 heterocycles. The smallest absolute Gasteiger partial charge is 0.213 e. The Labute approximate surface area is 138 Å². The van der Waals surface area contributed by atoms with Crippen molar-refractivity contribution in [1.82, 2.24) is 9.36 Å². The van der Waals surface area contributed by atoms with Crippen LogP contribution in [-0.2, 0) is 11.4 Å². The first-order chi connectivity index (χ1) is 10.3. The highest BCUT2D eigenvalue weighted by atomic mass is 32.2. The Bertz CT molecular complexity index is 677. The van der Waals surface area contributed by atoms with Crippen molar-refractivity contribution in [2.75, 3.05) is 7.11 Å². The number of pyridine rings is 1. The average molecular weight is 337 g/mol. The van der Waals surface area contributed by atoms with Gasteiger partial charge in [-0.3, -0.25) is 0 Å². The Morgan fingerprint density at radius 3 is 2.73 bits per heavy atom. The minimum Gasteiger partial charge on any atom is -0.591 e. The lowest BCUT2D eigenvalue weighted by molar-refractivity contribution is 0.398. The van der Waals surface area contributed by atoms with Crippen LogP contribution in [0.15, 0.2) is 28.8 Å². The number of aromatic nitrogens is 2. The summed E-state index contributed by atoms with van der Waals surface area (Å²) in [6.45, 7) is 7.57. The van der Waals surface area contributed by atoms with E-state index in [4.69, 9.17) is 4.74 Å². The van der Waals surface area contributed by atoms with Crippen molar-refractivity contribution in [3.63, 3.8) is 0 Å². The van der Waals surface area contributed by atoms with Gasteiger partial charge in [-0.1, -0.05) is 4.40 Å². The molecule has 2 aromatic heterocycles. The lowest BCUT2D eigenvalue weighted by Crippen LogP contribution is -2.26. The standard InChI is InChI=1S/C15H19N3O2S2/c1-10(18-22(19)15(2,3)4)13-9-12(17-21-13)11-6-7-16-14(8-11)20-5/h6-9H,1-5H3. The molecule has 0 amide bonds. The maximum atomic E-state index is 12.1. The van der Waals surface area contributed by atoms with Crippen LogP contribution in [0.4, 0.5) is 0 Å². The lowest BCUT2D eigenvalue weighted by Gasteiger charge is -2.18. The molecule has 0 spiro atoms. The highest BCUT2D eigenvalue weighted by Gasteiger charge is 2.27. The van der Waals surface area contributed by atoms with E-state index < -0.39 is 11.4 Å². The number of hydrogen-bond donors (Lipinski definition) is 0. The number of methoxy groups -OCH3 is 1. The number of hydrogen-bond acceptors (Lipinski definition) is 6. The second-order valence-corrected chi connectivity index (χ2v) is 8.41. The summed E-state index contributed by atoms with van der Waals surface area (Å²) >= 11 is 0.0707. The van der Waals surface area contributed by atoms with Crippen molar-refractivity contribution < 1.29 is 9.29 Å². The Hall–Kier alpha value is -1.44. The summed E-state index contributed by atoms with van der Waals surface area (Å²) in [5, 5.41) is 0. The third-order valence-corrected chi connectivity index (χ3v) is 5.24. The Balaban J connectivity index is 2.26. The van der Waals surface area contributed by atoms with E-state index in [0.717, 1.165) is 21.8 Å². The molecule has 0 aromatic carbocycles. The number of nitrogens with zero attached hydrogens (tertiary/aromatic N) is 3. The minimum absolute atomic E-state index is 0.368. The quantitative estimate of drug-likeness (QED) is 0.632. The van der Waals surface area contributed by atoms with E-state index in [1.807, 2.05) is 45.9 Å². The summed E-state index contributed by atoms with van der Waals surface area (Å²) in [6, 6.07) is 5.65. The van der Waals surface area contributed by atoms with E-state index in [1.165, 1.54) is 11.5 Å². The molecule has 0 bridgehead atoms. The molecule has 0 aliphatic rings. The van der Waals surface area contributed by atoms with Gasteiger partial charge in [-0.2, -0.15) is 4.37 Å². The summed E-state index contributed by atoms with van der Waals surface area (Å²) in [5.41, 5.74) is 2.49. The predicted octanol–water partition coefficient (Wildman–Crippen LogP) is 3.48. The van der Waals surface area contributed by atoms with Crippen molar-refractivity contribution in [1.29, 1.82) is 0 Å². The highest BCUT2D eigenvalue weighted by molar-refractivity contribution is 7.91. The van der Waals surface area contributed by atoms with Crippen molar-refractivity contribution in [3.05, 3.63) is 29.3 Å². The van der Waals surface area contributed by atoms with Gasteiger partial charge >= 0.3 is 0 Å². The van der Waals surface area contributed by atoms with Gasteiger partial charge < -0.3 is 9.29 Å².